The minimum atomic E-state index is 0.637. The lowest BCUT2D eigenvalue weighted by molar-refractivity contribution is 1.23. The topological polar surface area (TPSA) is 48.7 Å². The van der Waals surface area contributed by atoms with E-state index in [9.17, 15) is 0 Å². The Morgan fingerprint density at radius 3 is 2.67 bits per heavy atom. The molecular weight excluding hydrogens is 290 g/mol. The molecule has 1 aromatic heterocycles. The first-order chi connectivity index (χ1) is 8.60. The zero-order chi connectivity index (χ0) is 13.1. The maximum atomic E-state index is 8.91. The summed E-state index contributed by atoms with van der Waals surface area (Å²) in [5.41, 5.74) is 3.68. The maximum Gasteiger partial charge on any atom is 0.133 e. The first kappa shape index (κ1) is 12.6. The number of hydrogen-bond acceptors (Lipinski definition) is 3. The van der Waals surface area contributed by atoms with Gasteiger partial charge in [0.15, 0.2) is 0 Å². The molecule has 0 saturated carbocycles. The molecule has 0 atom stereocenters. The van der Waals surface area contributed by atoms with Gasteiger partial charge in [-0.3, -0.25) is 0 Å². The number of hydrogen-bond donors (Lipinski definition) is 1. The van der Waals surface area contributed by atoms with E-state index in [0.29, 0.717) is 5.56 Å². The van der Waals surface area contributed by atoms with Crippen molar-refractivity contribution in [3.63, 3.8) is 0 Å². The van der Waals surface area contributed by atoms with Gasteiger partial charge < -0.3 is 5.32 Å². The van der Waals surface area contributed by atoms with E-state index in [1.54, 1.807) is 6.20 Å². The van der Waals surface area contributed by atoms with Crippen LogP contribution in [0.2, 0.25) is 0 Å². The van der Waals surface area contributed by atoms with E-state index >= 15 is 0 Å². The van der Waals surface area contributed by atoms with Crippen LogP contribution in [0.1, 0.15) is 16.7 Å². The summed E-state index contributed by atoms with van der Waals surface area (Å²) >= 11 is 3.39. The van der Waals surface area contributed by atoms with E-state index in [1.165, 1.54) is 0 Å². The molecule has 0 radical (unpaired) electrons. The van der Waals surface area contributed by atoms with E-state index in [0.717, 1.165) is 27.1 Å². The fourth-order valence-corrected chi connectivity index (χ4v) is 2.07. The summed E-state index contributed by atoms with van der Waals surface area (Å²) in [5, 5.41) is 12.2. The van der Waals surface area contributed by atoms with Gasteiger partial charge in [0.2, 0.25) is 0 Å². The van der Waals surface area contributed by atoms with Crippen molar-refractivity contribution in [3.8, 4) is 6.07 Å². The molecule has 0 bridgehead atoms. The number of aromatic nitrogens is 1. The fourth-order valence-electron chi connectivity index (χ4n) is 1.63. The highest BCUT2D eigenvalue weighted by atomic mass is 79.9. The lowest BCUT2D eigenvalue weighted by Crippen LogP contribution is -1.98. The second-order valence-corrected chi connectivity index (χ2v) is 5.00. The largest absolute Gasteiger partial charge is 0.340 e. The van der Waals surface area contributed by atoms with Crippen molar-refractivity contribution in [1.82, 2.24) is 4.98 Å². The van der Waals surface area contributed by atoms with Gasteiger partial charge in [-0.15, -0.1) is 0 Å². The molecule has 0 aliphatic rings. The molecule has 4 heteroatoms. The van der Waals surface area contributed by atoms with Gasteiger partial charge in [-0.25, -0.2) is 4.98 Å². The molecule has 0 spiro atoms. The summed E-state index contributed by atoms with van der Waals surface area (Å²) < 4.78 is 0.952. The van der Waals surface area contributed by atoms with Crippen LogP contribution in [0.25, 0.3) is 0 Å². The highest BCUT2D eigenvalue weighted by Crippen LogP contribution is 2.24. The third-order valence-corrected chi connectivity index (χ3v) is 3.10. The molecule has 1 N–H and O–H groups in total. The van der Waals surface area contributed by atoms with Gasteiger partial charge in [-0.2, -0.15) is 5.26 Å². The molecular formula is C14H12BrN3. The van der Waals surface area contributed by atoms with Crippen LogP contribution in [0, 0.1) is 25.2 Å². The SMILES string of the molecule is Cc1ccc(C#N)cc1Nc1ncc(Br)cc1C. The number of aryl methyl sites for hydroxylation is 2. The molecule has 0 aliphatic carbocycles. The van der Waals surface area contributed by atoms with Gasteiger partial charge in [-0.1, -0.05) is 6.07 Å². The number of nitrogens with one attached hydrogen (secondary N) is 1. The molecule has 90 valence electrons. The molecule has 3 nitrogen and oxygen atoms in total. The van der Waals surface area contributed by atoms with Gasteiger partial charge in [0.05, 0.1) is 11.6 Å². The standard InChI is InChI=1S/C14H12BrN3/c1-9-3-4-11(7-16)6-13(9)18-14-10(2)5-12(15)8-17-14/h3-6,8H,1-2H3,(H,17,18). The number of pyridine rings is 1. The quantitative estimate of drug-likeness (QED) is 0.909. The van der Waals surface area contributed by atoms with E-state index in [2.05, 4.69) is 32.3 Å². The fraction of sp³-hybridized carbons (Fsp3) is 0.143. The zero-order valence-corrected chi connectivity index (χ0v) is 11.7. The molecule has 0 unspecified atom stereocenters. The van der Waals surface area contributed by atoms with Crippen molar-refractivity contribution < 1.29 is 0 Å². The molecule has 0 aliphatic heterocycles. The molecule has 0 saturated heterocycles. The Hall–Kier alpha value is -1.86. The van der Waals surface area contributed by atoms with Crippen LogP contribution < -0.4 is 5.32 Å². The average Bonchev–Trinajstić information content (AvgIpc) is 2.35. The number of halogens is 1. The summed E-state index contributed by atoms with van der Waals surface area (Å²) in [4.78, 5) is 4.33. The molecule has 0 amide bonds. The predicted octanol–water partition coefficient (Wildman–Crippen LogP) is 4.08. The summed E-state index contributed by atoms with van der Waals surface area (Å²) in [6.45, 7) is 3.99. The van der Waals surface area contributed by atoms with Crippen LogP contribution in [-0.2, 0) is 0 Å². The summed E-state index contributed by atoms with van der Waals surface area (Å²) in [6.07, 6.45) is 1.75. The van der Waals surface area contributed by atoms with E-state index < -0.39 is 0 Å². The summed E-state index contributed by atoms with van der Waals surface area (Å²) in [6, 6.07) is 9.70. The van der Waals surface area contributed by atoms with Gasteiger partial charge in [0, 0.05) is 16.4 Å². The van der Waals surface area contributed by atoms with Gasteiger partial charge >= 0.3 is 0 Å². The number of anilines is 2. The Bertz CT molecular complexity index is 629. The smallest absolute Gasteiger partial charge is 0.133 e. The van der Waals surface area contributed by atoms with Crippen molar-refractivity contribution in [1.29, 1.82) is 5.26 Å². The Morgan fingerprint density at radius 1 is 1.22 bits per heavy atom. The monoisotopic (exact) mass is 301 g/mol. The highest BCUT2D eigenvalue weighted by Gasteiger charge is 2.04. The molecule has 0 fully saturated rings. The van der Waals surface area contributed by atoms with Crippen LogP contribution in [-0.4, -0.2) is 4.98 Å². The highest BCUT2D eigenvalue weighted by molar-refractivity contribution is 9.10. The third-order valence-electron chi connectivity index (χ3n) is 2.66. The minimum Gasteiger partial charge on any atom is -0.340 e. The predicted molar refractivity (Wildman–Crippen MR) is 75.9 cm³/mol. The van der Waals surface area contributed by atoms with Crippen LogP contribution >= 0.6 is 15.9 Å². The van der Waals surface area contributed by atoms with Gasteiger partial charge in [-0.05, 0) is 59.1 Å². The Balaban J connectivity index is 2.37. The Labute approximate surface area is 115 Å². The summed E-state index contributed by atoms with van der Waals surface area (Å²) in [7, 11) is 0. The Morgan fingerprint density at radius 2 is 2.00 bits per heavy atom. The Kier molecular flexibility index (Phi) is 3.63. The second-order valence-electron chi connectivity index (χ2n) is 4.09. The molecule has 2 aromatic rings. The zero-order valence-electron chi connectivity index (χ0n) is 10.2. The first-order valence-corrected chi connectivity index (χ1v) is 6.29. The van der Waals surface area contributed by atoms with Crippen LogP contribution in [0.4, 0.5) is 11.5 Å². The maximum absolute atomic E-state index is 8.91. The van der Waals surface area contributed by atoms with Crippen molar-refractivity contribution in [2.75, 3.05) is 5.32 Å². The summed E-state index contributed by atoms with van der Waals surface area (Å²) in [5.74, 6) is 0.802. The first-order valence-electron chi connectivity index (χ1n) is 5.50. The van der Waals surface area contributed by atoms with Gasteiger partial charge in [0.25, 0.3) is 0 Å². The lowest BCUT2D eigenvalue weighted by Gasteiger charge is -2.11. The number of benzene rings is 1. The van der Waals surface area contributed by atoms with E-state index in [4.69, 9.17) is 5.26 Å². The molecule has 1 aromatic carbocycles. The van der Waals surface area contributed by atoms with Crippen LogP contribution in [0.3, 0.4) is 0 Å². The molecule has 1 heterocycles. The number of nitriles is 1. The minimum absolute atomic E-state index is 0.637. The van der Waals surface area contributed by atoms with Gasteiger partial charge in [0.1, 0.15) is 5.82 Å². The number of nitrogens with zero attached hydrogens (tertiary/aromatic N) is 2. The van der Waals surface area contributed by atoms with Crippen LogP contribution in [0.15, 0.2) is 34.9 Å². The molecule has 18 heavy (non-hydrogen) atoms. The normalized spacial score (nSPS) is 9.89. The molecule has 2 rings (SSSR count). The average molecular weight is 302 g/mol. The van der Waals surface area contributed by atoms with Crippen molar-refractivity contribution >= 4 is 27.4 Å². The van der Waals surface area contributed by atoms with Crippen molar-refractivity contribution in [2.45, 2.75) is 13.8 Å². The van der Waals surface area contributed by atoms with E-state index in [-0.39, 0.29) is 0 Å². The number of rotatable bonds is 2. The lowest BCUT2D eigenvalue weighted by atomic mass is 10.1. The van der Waals surface area contributed by atoms with Crippen molar-refractivity contribution in [2.24, 2.45) is 0 Å². The van der Waals surface area contributed by atoms with Crippen LogP contribution in [0.5, 0.6) is 0 Å². The van der Waals surface area contributed by atoms with E-state index in [1.807, 2.05) is 38.1 Å². The van der Waals surface area contributed by atoms with Crippen molar-refractivity contribution in [3.05, 3.63) is 51.6 Å². The second kappa shape index (κ2) is 5.19. The third kappa shape index (κ3) is 2.69.